The van der Waals surface area contributed by atoms with E-state index in [1.54, 1.807) is 4.68 Å². The quantitative estimate of drug-likeness (QED) is 0.922. The Kier molecular flexibility index (Phi) is 4.04. The largest absolute Gasteiger partial charge is 0.324 e. The van der Waals surface area contributed by atoms with Crippen molar-refractivity contribution >= 4 is 11.7 Å². The molecule has 7 heteroatoms. The van der Waals surface area contributed by atoms with Gasteiger partial charge in [-0.25, -0.2) is 9.48 Å². The Morgan fingerprint density at radius 2 is 2.27 bits per heavy atom. The molecule has 1 aromatic carbocycles. The Bertz CT molecular complexity index is 654. The van der Waals surface area contributed by atoms with Crippen molar-refractivity contribution in [1.82, 2.24) is 25.1 Å². The van der Waals surface area contributed by atoms with Crippen LogP contribution in [0.25, 0.3) is 5.69 Å². The highest BCUT2D eigenvalue weighted by Crippen LogP contribution is 2.21. The molecule has 2 aromatic rings. The molecule has 0 bridgehead atoms. The number of tetrazole rings is 1. The lowest BCUT2D eigenvalue weighted by Gasteiger charge is -2.31. The molecule has 1 N–H and O–H groups in total. The summed E-state index contributed by atoms with van der Waals surface area (Å²) in [4.78, 5) is 14.3. The molecule has 1 atom stereocenters. The third-order valence-corrected chi connectivity index (χ3v) is 4.02. The molecule has 2 amide bonds. The number of urea groups is 1. The summed E-state index contributed by atoms with van der Waals surface area (Å²) >= 11 is 0. The maximum Gasteiger partial charge on any atom is 0.321 e. The predicted molar refractivity (Wildman–Crippen MR) is 82.9 cm³/mol. The molecule has 2 heterocycles. The first-order valence-electron chi connectivity index (χ1n) is 7.53. The van der Waals surface area contributed by atoms with Gasteiger partial charge in [0.25, 0.3) is 0 Å². The summed E-state index contributed by atoms with van der Waals surface area (Å²) in [5.41, 5.74) is 2.62. The summed E-state index contributed by atoms with van der Waals surface area (Å²) in [6, 6.07) is 5.72. The minimum Gasteiger partial charge on any atom is -0.324 e. The van der Waals surface area contributed by atoms with Crippen molar-refractivity contribution < 1.29 is 4.79 Å². The standard InChI is InChI=1S/C15H20N6O/c1-11-4-3-7-20(9-11)15(22)17-14-8-13(6-5-12(14)2)21-10-16-18-19-21/h5-6,8,10-11H,3-4,7,9H2,1-2H3,(H,17,22)/t11-/m1/s1. The van der Waals surface area contributed by atoms with Gasteiger partial charge in [-0.3, -0.25) is 0 Å². The number of rotatable bonds is 2. The van der Waals surface area contributed by atoms with Crippen LogP contribution in [0.4, 0.5) is 10.5 Å². The molecule has 0 spiro atoms. The molecule has 1 aliphatic heterocycles. The summed E-state index contributed by atoms with van der Waals surface area (Å²) in [5, 5.41) is 14.1. The monoisotopic (exact) mass is 300 g/mol. The second kappa shape index (κ2) is 6.13. The average molecular weight is 300 g/mol. The highest BCUT2D eigenvalue weighted by Gasteiger charge is 2.21. The van der Waals surface area contributed by atoms with E-state index in [-0.39, 0.29) is 6.03 Å². The first-order chi connectivity index (χ1) is 10.6. The number of carbonyl (C=O) groups is 1. The molecule has 116 valence electrons. The van der Waals surface area contributed by atoms with Crippen molar-refractivity contribution in [3.63, 3.8) is 0 Å². The topological polar surface area (TPSA) is 75.9 Å². The molecule has 3 rings (SSSR count). The number of benzene rings is 1. The van der Waals surface area contributed by atoms with Crippen LogP contribution >= 0.6 is 0 Å². The van der Waals surface area contributed by atoms with Crippen LogP contribution in [0.2, 0.25) is 0 Å². The van der Waals surface area contributed by atoms with Crippen LogP contribution in [0.15, 0.2) is 24.5 Å². The molecule has 0 aliphatic carbocycles. The predicted octanol–water partition coefficient (Wildman–Crippen LogP) is 2.23. The smallest absolute Gasteiger partial charge is 0.321 e. The Hall–Kier alpha value is -2.44. The van der Waals surface area contributed by atoms with E-state index < -0.39 is 0 Å². The van der Waals surface area contributed by atoms with E-state index in [2.05, 4.69) is 27.8 Å². The number of carbonyl (C=O) groups excluding carboxylic acids is 1. The van der Waals surface area contributed by atoms with Crippen molar-refractivity contribution in [2.45, 2.75) is 26.7 Å². The van der Waals surface area contributed by atoms with E-state index in [0.717, 1.165) is 36.4 Å². The lowest BCUT2D eigenvalue weighted by atomic mass is 10.0. The van der Waals surface area contributed by atoms with Gasteiger partial charge in [0.05, 0.1) is 5.69 Å². The average Bonchev–Trinajstić information content (AvgIpc) is 3.04. The van der Waals surface area contributed by atoms with E-state index in [4.69, 9.17) is 0 Å². The van der Waals surface area contributed by atoms with Crippen molar-refractivity contribution in [2.24, 2.45) is 5.92 Å². The number of nitrogens with zero attached hydrogens (tertiary/aromatic N) is 5. The minimum atomic E-state index is -0.0384. The van der Waals surface area contributed by atoms with E-state index in [9.17, 15) is 4.79 Å². The van der Waals surface area contributed by atoms with Crippen molar-refractivity contribution in [2.75, 3.05) is 18.4 Å². The minimum absolute atomic E-state index is 0.0384. The first-order valence-corrected chi connectivity index (χ1v) is 7.53. The normalized spacial score (nSPS) is 18.3. The van der Waals surface area contributed by atoms with Gasteiger partial charge in [0.15, 0.2) is 0 Å². The molecule has 1 fully saturated rings. The van der Waals surface area contributed by atoms with Crippen LogP contribution in [-0.2, 0) is 0 Å². The third kappa shape index (κ3) is 3.08. The highest BCUT2D eigenvalue weighted by molar-refractivity contribution is 5.90. The molecule has 7 nitrogen and oxygen atoms in total. The van der Waals surface area contributed by atoms with Gasteiger partial charge < -0.3 is 10.2 Å². The summed E-state index contributed by atoms with van der Waals surface area (Å²) in [5.74, 6) is 0.563. The van der Waals surface area contributed by atoms with Gasteiger partial charge in [0.1, 0.15) is 6.33 Å². The molecule has 1 aliphatic rings. The number of aromatic nitrogens is 4. The number of amides is 2. The molecule has 1 saturated heterocycles. The maximum atomic E-state index is 12.4. The van der Waals surface area contributed by atoms with Crippen LogP contribution in [0.5, 0.6) is 0 Å². The summed E-state index contributed by atoms with van der Waals surface area (Å²) in [7, 11) is 0. The van der Waals surface area contributed by atoms with Crippen molar-refractivity contribution in [3.8, 4) is 5.69 Å². The maximum absolute atomic E-state index is 12.4. The molecule has 0 saturated carbocycles. The Morgan fingerprint density at radius 1 is 1.41 bits per heavy atom. The number of likely N-dealkylation sites (tertiary alicyclic amines) is 1. The van der Waals surface area contributed by atoms with E-state index in [1.807, 2.05) is 30.0 Å². The molecular formula is C15H20N6O. The van der Waals surface area contributed by atoms with Gasteiger partial charge in [-0.15, -0.1) is 5.10 Å². The second-order valence-corrected chi connectivity index (χ2v) is 5.88. The van der Waals surface area contributed by atoms with E-state index >= 15 is 0 Å². The van der Waals surface area contributed by atoms with Gasteiger partial charge in [0.2, 0.25) is 0 Å². The second-order valence-electron chi connectivity index (χ2n) is 5.88. The lowest BCUT2D eigenvalue weighted by Crippen LogP contribution is -2.41. The molecular weight excluding hydrogens is 280 g/mol. The summed E-state index contributed by atoms with van der Waals surface area (Å²) < 4.78 is 1.57. The SMILES string of the molecule is Cc1ccc(-n2cnnn2)cc1NC(=O)N1CCC[C@@H](C)C1. The van der Waals surface area contributed by atoms with Gasteiger partial charge in [-0.1, -0.05) is 13.0 Å². The lowest BCUT2D eigenvalue weighted by molar-refractivity contribution is 0.182. The first kappa shape index (κ1) is 14.5. The number of anilines is 1. The van der Waals surface area contributed by atoms with Crippen LogP contribution < -0.4 is 5.32 Å². The van der Waals surface area contributed by atoms with Crippen molar-refractivity contribution in [3.05, 3.63) is 30.1 Å². The zero-order valence-electron chi connectivity index (χ0n) is 12.9. The van der Waals surface area contributed by atoms with Crippen LogP contribution in [-0.4, -0.2) is 44.2 Å². The zero-order valence-corrected chi connectivity index (χ0v) is 12.9. The van der Waals surface area contributed by atoms with Gasteiger partial charge in [0, 0.05) is 18.8 Å². The Labute approximate surface area is 129 Å². The number of hydrogen-bond donors (Lipinski definition) is 1. The summed E-state index contributed by atoms with van der Waals surface area (Å²) in [6.07, 6.45) is 3.79. The highest BCUT2D eigenvalue weighted by atomic mass is 16.2. The number of aryl methyl sites for hydroxylation is 1. The van der Waals surface area contributed by atoms with Crippen LogP contribution in [0, 0.1) is 12.8 Å². The number of piperidine rings is 1. The fourth-order valence-electron chi connectivity index (χ4n) is 2.73. The van der Waals surface area contributed by atoms with Crippen LogP contribution in [0.1, 0.15) is 25.3 Å². The molecule has 0 radical (unpaired) electrons. The van der Waals surface area contributed by atoms with Gasteiger partial charge in [-0.05, 0) is 53.8 Å². The fourth-order valence-corrected chi connectivity index (χ4v) is 2.73. The molecule has 1 aromatic heterocycles. The number of hydrogen-bond acceptors (Lipinski definition) is 4. The van der Waals surface area contributed by atoms with Gasteiger partial charge in [-0.2, -0.15) is 0 Å². The van der Waals surface area contributed by atoms with E-state index in [0.29, 0.717) is 5.92 Å². The summed E-state index contributed by atoms with van der Waals surface area (Å²) in [6.45, 7) is 5.79. The number of nitrogens with one attached hydrogen (secondary N) is 1. The molecule has 22 heavy (non-hydrogen) atoms. The third-order valence-electron chi connectivity index (χ3n) is 4.02. The molecule has 0 unspecified atom stereocenters. The van der Waals surface area contributed by atoms with Crippen molar-refractivity contribution in [1.29, 1.82) is 0 Å². The Morgan fingerprint density at radius 3 is 3.00 bits per heavy atom. The fraction of sp³-hybridized carbons (Fsp3) is 0.467. The zero-order chi connectivity index (χ0) is 15.5. The van der Waals surface area contributed by atoms with E-state index in [1.165, 1.54) is 12.7 Å². The van der Waals surface area contributed by atoms with Gasteiger partial charge >= 0.3 is 6.03 Å². The Balaban J connectivity index is 1.76. The van der Waals surface area contributed by atoms with Crippen LogP contribution in [0.3, 0.4) is 0 Å².